The van der Waals surface area contributed by atoms with Gasteiger partial charge in [-0.2, -0.15) is 0 Å². The molecule has 0 amide bonds. The van der Waals surface area contributed by atoms with Crippen LogP contribution in [0, 0.1) is 0 Å². The molecule has 2 aliphatic rings. The fourth-order valence-corrected chi connectivity index (χ4v) is 4.05. The minimum atomic E-state index is -0.584. The third kappa shape index (κ3) is 3.03. The smallest absolute Gasteiger partial charge is 0.399 e. The lowest BCUT2D eigenvalue weighted by molar-refractivity contribution is 0.00578. The van der Waals surface area contributed by atoms with Crippen LogP contribution < -0.4 is 15.8 Å². The number of hydrogen-bond acceptors (Lipinski definition) is 5. The van der Waals surface area contributed by atoms with E-state index in [2.05, 4.69) is 19.3 Å². The maximum absolute atomic E-state index is 13.4. The summed E-state index contributed by atoms with van der Waals surface area (Å²) in [6.45, 7) is 12.1. The fourth-order valence-electron chi connectivity index (χ4n) is 3.68. The number of anilines is 1. The highest BCUT2D eigenvalue weighted by Crippen LogP contribution is 2.37. The molecule has 2 aliphatic heterocycles. The van der Waals surface area contributed by atoms with Crippen LogP contribution >= 0.6 is 9.39 Å². The van der Waals surface area contributed by atoms with Crippen molar-refractivity contribution in [1.29, 1.82) is 0 Å². The van der Waals surface area contributed by atoms with Gasteiger partial charge in [-0.1, -0.05) is 0 Å². The van der Waals surface area contributed by atoms with Crippen molar-refractivity contribution < 1.29 is 14.0 Å². The molecule has 0 aromatic carbocycles. The summed E-state index contributed by atoms with van der Waals surface area (Å²) in [6.07, 6.45) is 3.78. The van der Waals surface area contributed by atoms with Gasteiger partial charge >= 0.3 is 7.12 Å². The van der Waals surface area contributed by atoms with Gasteiger partial charge < -0.3 is 28.3 Å². The Kier molecular flexibility index (Phi) is 4.46. The number of hydrogen-bond donors (Lipinski definition) is 1. The second-order valence-electron chi connectivity index (χ2n) is 8.43. The van der Waals surface area contributed by atoms with E-state index in [0.717, 1.165) is 11.1 Å². The van der Waals surface area contributed by atoms with Gasteiger partial charge in [0.05, 0.1) is 29.3 Å². The van der Waals surface area contributed by atoms with E-state index in [9.17, 15) is 4.79 Å². The van der Waals surface area contributed by atoms with Crippen LogP contribution in [0.2, 0.25) is 0 Å². The molecule has 146 valence electrons. The molecule has 2 aromatic rings. The number of pyridine rings is 1. The van der Waals surface area contributed by atoms with Gasteiger partial charge in [-0.15, -0.1) is 0 Å². The number of aromatic amines is 1. The molecule has 2 aromatic heterocycles. The SMILES string of the molecule is CC1CN(c2c[nH]c3c(c(B4OC(C)(C)C(C)(C)O4)cn3P)c2=O)CCO1. The quantitative estimate of drug-likeness (QED) is 0.621. The van der Waals surface area contributed by atoms with E-state index in [4.69, 9.17) is 14.0 Å². The van der Waals surface area contributed by atoms with Crippen molar-refractivity contribution in [2.75, 3.05) is 24.6 Å². The Balaban J connectivity index is 1.81. The highest BCUT2D eigenvalue weighted by atomic mass is 31.0. The molecule has 4 heterocycles. The first-order chi connectivity index (χ1) is 12.6. The van der Waals surface area contributed by atoms with Crippen molar-refractivity contribution in [2.45, 2.75) is 51.9 Å². The van der Waals surface area contributed by atoms with E-state index in [-0.39, 0.29) is 11.5 Å². The number of aromatic nitrogens is 2. The minimum Gasteiger partial charge on any atom is -0.399 e. The lowest BCUT2D eigenvalue weighted by Gasteiger charge is -2.32. The van der Waals surface area contributed by atoms with Gasteiger partial charge in [0.2, 0.25) is 5.43 Å². The molecule has 4 rings (SSSR count). The van der Waals surface area contributed by atoms with Gasteiger partial charge in [0.1, 0.15) is 11.3 Å². The van der Waals surface area contributed by atoms with Crippen molar-refractivity contribution in [2.24, 2.45) is 0 Å². The Hall–Kier alpha value is -1.34. The molecule has 7 nitrogen and oxygen atoms in total. The lowest BCUT2D eigenvalue weighted by atomic mass is 9.79. The molecule has 0 bridgehead atoms. The summed E-state index contributed by atoms with van der Waals surface area (Å²) >= 11 is 0. The fraction of sp³-hybridized carbons (Fsp3) is 0.611. The van der Waals surface area contributed by atoms with Crippen LogP contribution in [0.3, 0.4) is 0 Å². The second kappa shape index (κ2) is 6.34. The predicted molar refractivity (Wildman–Crippen MR) is 111 cm³/mol. The van der Waals surface area contributed by atoms with Gasteiger partial charge in [-0.05, 0) is 44.0 Å². The zero-order valence-electron chi connectivity index (χ0n) is 16.5. The molecule has 2 saturated heterocycles. The van der Waals surface area contributed by atoms with E-state index in [0.29, 0.717) is 30.8 Å². The van der Waals surface area contributed by atoms with Crippen molar-refractivity contribution in [3.05, 3.63) is 22.6 Å². The standard InChI is InChI=1S/C18H27BN3O4P/c1-11-9-21(6-7-24-11)13-8-20-16-14(15(13)23)12(10-22(16)27)19-25-17(2,3)18(4,5)26-19/h8,10-11H,6-7,9,27H2,1-5H3,(H,20,23). The number of nitrogens with zero attached hydrogens (tertiary/aromatic N) is 2. The van der Waals surface area contributed by atoms with E-state index >= 15 is 0 Å². The molecule has 27 heavy (non-hydrogen) atoms. The molecular formula is C18H27BN3O4P. The molecule has 2 fully saturated rings. The van der Waals surface area contributed by atoms with Crippen molar-refractivity contribution in [3.8, 4) is 0 Å². The molecule has 2 atom stereocenters. The Morgan fingerprint density at radius 1 is 1.26 bits per heavy atom. The average Bonchev–Trinajstić information content (AvgIpc) is 3.02. The lowest BCUT2D eigenvalue weighted by Crippen LogP contribution is -2.43. The summed E-state index contributed by atoms with van der Waals surface area (Å²) < 4.78 is 19.8. The number of fused-ring (bicyclic) bond motifs is 1. The Bertz CT molecular complexity index is 923. The first-order valence-corrected chi connectivity index (χ1v) is 9.86. The summed E-state index contributed by atoms with van der Waals surface area (Å²) in [5, 5.41) is 0.611. The van der Waals surface area contributed by atoms with Gasteiger partial charge in [-0.25, -0.2) is 0 Å². The van der Waals surface area contributed by atoms with Crippen LogP contribution in [0.5, 0.6) is 0 Å². The molecule has 9 heteroatoms. The zero-order chi connectivity index (χ0) is 19.6. The summed E-state index contributed by atoms with van der Waals surface area (Å²) in [6, 6.07) is 0. The summed E-state index contributed by atoms with van der Waals surface area (Å²) in [5.74, 6) is 0. The van der Waals surface area contributed by atoms with Crippen LogP contribution in [0.25, 0.3) is 11.0 Å². The Labute approximate surface area is 161 Å². The number of ether oxygens (including phenoxy) is 1. The van der Waals surface area contributed by atoms with Crippen molar-refractivity contribution in [3.63, 3.8) is 0 Å². The number of nitrogens with one attached hydrogen (secondary N) is 1. The second-order valence-corrected chi connectivity index (χ2v) is 8.99. The molecule has 0 radical (unpaired) electrons. The summed E-state index contributed by atoms with van der Waals surface area (Å²) in [5.41, 5.74) is 1.21. The monoisotopic (exact) mass is 391 g/mol. The van der Waals surface area contributed by atoms with Gasteiger partial charge in [0.25, 0.3) is 0 Å². The van der Waals surface area contributed by atoms with E-state index in [1.165, 1.54) is 0 Å². The largest absolute Gasteiger partial charge is 0.497 e. The van der Waals surface area contributed by atoms with Crippen LogP contribution in [-0.2, 0) is 14.0 Å². The molecule has 0 aliphatic carbocycles. The van der Waals surface area contributed by atoms with E-state index in [1.54, 1.807) is 6.20 Å². The third-order valence-corrected chi connectivity index (χ3v) is 6.36. The van der Waals surface area contributed by atoms with E-state index in [1.807, 2.05) is 45.2 Å². The summed E-state index contributed by atoms with van der Waals surface area (Å²) in [4.78, 5) is 18.8. The number of H-pyrrole nitrogens is 1. The highest BCUT2D eigenvalue weighted by Gasteiger charge is 2.52. The Morgan fingerprint density at radius 2 is 1.93 bits per heavy atom. The predicted octanol–water partition coefficient (Wildman–Crippen LogP) is 1.49. The zero-order valence-corrected chi connectivity index (χ0v) is 17.7. The molecule has 1 N–H and O–H groups in total. The van der Waals surface area contributed by atoms with Crippen molar-refractivity contribution >= 4 is 38.7 Å². The molecule has 2 unspecified atom stereocenters. The maximum atomic E-state index is 13.4. The average molecular weight is 391 g/mol. The first kappa shape index (κ1) is 19.0. The molecule has 0 spiro atoms. The van der Waals surface area contributed by atoms with Gasteiger partial charge in [-0.3, -0.25) is 4.79 Å². The van der Waals surface area contributed by atoms with Crippen molar-refractivity contribution in [1.82, 2.24) is 9.32 Å². The summed E-state index contributed by atoms with van der Waals surface area (Å²) in [7, 11) is 2.03. The van der Waals surface area contributed by atoms with Crippen LogP contribution in [-0.4, -0.2) is 53.4 Å². The Morgan fingerprint density at radius 3 is 2.56 bits per heavy atom. The molecule has 0 saturated carbocycles. The minimum absolute atomic E-state index is 0.0104. The van der Waals surface area contributed by atoms with Gasteiger partial charge in [0.15, 0.2) is 0 Å². The topological polar surface area (TPSA) is 68.7 Å². The van der Waals surface area contributed by atoms with E-state index < -0.39 is 18.3 Å². The molecular weight excluding hydrogens is 364 g/mol. The van der Waals surface area contributed by atoms with Gasteiger partial charge in [0, 0.05) is 30.9 Å². The van der Waals surface area contributed by atoms with Crippen LogP contribution in [0.15, 0.2) is 17.2 Å². The highest BCUT2D eigenvalue weighted by molar-refractivity contribution is 7.15. The van der Waals surface area contributed by atoms with Crippen LogP contribution in [0.4, 0.5) is 5.69 Å². The third-order valence-electron chi connectivity index (χ3n) is 5.96. The first-order valence-electron chi connectivity index (χ1n) is 9.34. The normalized spacial score (nSPS) is 24.7. The van der Waals surface area contributed by atoms with Crippen LogP contribution in [0.1, 0.15) is 34.6 Å². The number of rotatable bonds is 2. The number of morpholine rings is 1. The maximum Gasteiger partial charge on any atom is 0.497 e.